The Kier molecular flexibility index (Phi) is 6.68. The van der Waals surface area contributed by atoms with E-state index in [-0.39, 0.29) is 16.5 Å². The third-order valence-corrected chi connectivity index (χ3v) is 5.78. The van der Waals surface area contributed by atoms with E-state index in [1.807, 2.05) is 6.26 Å². The summed E-state index contributed by atoms with van der Waals surface area (Å²) in [5.41, 5.74) is 0.0484. The number of aliphatic hydroxyl groups excluding tert-OH is 1. The molecule has 116 valence electrons. The molecule has 0 saturated heterocycles. The van der Waals surface area contributed by atoms with Crippen molar-refractivity contribution < 1.29 is 17.9 Å². The van der Waals surface area contributed by atoms with E-state index in [0.29, 0.717) is 5.75 Å². The van der Waals surface area contributed by atoms with E-state index in [4.69, 9.17) is 5.11 Å². The van der Waals surface area contributed by atoms with Crippen LogP contribution in [-0.4, -0.2) is 49.5 Å². The summed E-state index contributed by atoms with van der Waals surface area (Å²) >= 11 is 1.54. The Morgan fingerprint density at radius 1 is 1.48 bits per heavy atom. The van der Waals surface area contributed by atoms with Crippen LogP contribution in [0.25, 0.3) is 0 Å². The van der Waals surface area contributed by atoms with Crippen molar-refractivity contribution in [3.05, 3.63) is 29.6 Å². The fraction of sp³-hybridized carbons (Fsp3) is 0.429. The van der Waals surface area contributed by atoms with Crippen molar-refractivity contribution >= 4 is 21.8 Å². The summed E-state index contributed by atoms with van der Waals surface area (Å²) in [5.74, 6) is 4.91. The number of sulfonamides is 1. The Morgan fingerprint density at radius 3 is 2.71 bits per heavy atom. The zero-order valence-electron chi connectivity index (χ0n) is 12.1. The first-order chi connectivity index (χ1) is 9.84. The monoisotopic (exact) mass is 331 g/mol. The molecular formula is C14H18FNO3S2. The van der Waals surface area contributed by atoms with Gasteiger partial charge >= 0.3 is 0 Å². The molecule has 0 bridgehead atoms. The minimum absolute atomic E-state index is 0.0484. The van der Waals surface area contributed by atoms with Crippen molar-refractivity contribution in [1.82, 2.24) is 4.31 Å². The number of hydrogen-bond donors (Lipinski definition) is 1. The molecule has 0 aliphatic heterocycles. The van der Waals surface area contributed by atoms with Crippen molar-refractivity contribution in [3.8, 4) is 11.8 Å². The van der Waals surface area contributed by atoms with Gasteiger partial charge in [0.1, 0.15) is 12.4 Å². The Morgan fingerprint density at radius 2 is 2.14 bits per heavy atom. The van der Waals surface area contributed by atoms with E-state index in [0.717, 1.165) is 12.1 Å². The number of benzene rings is 1. The minimum atomic E-state index is -3.77. The van der Waals surface area contributed by atoms with Gasteiger partial charge < -0.3 is 5.11 Å². The van der Waals surface area contributed by atoms with Crippen LogP contribution in [0.2, 0.25) is 0 Å². The van der Waals surface area contributed by atoms with Crippen LogP contribution < -0.4 is 0 Å². The van der Waals surface area contributed by atoms with Gasteiger partial charge in [0.2, 0.25) is 10.0 Å². The number of halogens is 1. The van der Waals surface area contributed by atoms with Gasteiger partial charge in [-0.15, -0.1) is 0 Å². The van der Waals surface area contributed by atoms with Gasteiger partial charge in [0.15, 0.2) is 0 Å². The van der Waals surface area contributed by atoms with Crippen molar-refractivity contribution in [3.63, 3.8) is 0 Å². The predicted octanol–water partition coefficient (Wildman–Crippen LogP) is 1.54. The van der Waals surface area contributed by atoms with Crippen molar-refractivity contribution in [2.75, 3.05) is 25.7 Å². The summed E-state index contributed by atoms with van der Waals surface area (Å²) in [4.78, 5) is -0.0553. The molecule has 0 spiro atoms. The molecule has 0 fully saturated rings. The molecule has 0 aliphatic carbocycles. The molecule has 0 radical (unpaired) electrons. The van der Waals surface area contributed by atoms with Crippen LogP contribution in [0.15, 0.2) is 23.1 Å². The highest BCUT2D eigenvalue weighted by atomic mass is 32.2. The van der Waals surface area contributed by atoms with Gasteiger partial charge in [0, 0.05) is 24.4 Å². The second kappa shape index (κ2) is 7.80. The molecule has 21 heavy (non-hydrogen) atoms. The zero-order valence-corrected chi connectivity index (χ0v) is 13.8. The Bertz CT molecular complexity index is 650. The largest absolute Gasteiger partial charge is 0.384 e. The topological polar surface area (TPSA) is 57.6 Å². The van der Waals surface area contributed by atoms with Gasteiger partial charge in [-0.25, -0.2) is 12.8 Å². The lowest BCUT2D eigenvalue weighted by molar-refractivity contribution is 0.350. The van der Waals surface area contributed by atoms with Crippen LogP contribution in [0.5, 0.6) is 0 Å². The summed E-state index contributed by atoms with van der Waals surface area (Å²) in [6.45, 7) is 1.38. The number of hydrogen-bond acceptors (Lipinski definition) is 4. The van der Waals surface area contributed by atoms with Crippen LogP contribution in [0.3, 0.4) is 0 Å². The molecule has 0 amide bonds. The molecule has 1 rings (SSSR count). The lowest BCUT2D eigenvalue weighted by Crippen LogP contribution is -2.36. The molecule has 1 atom stereocenters. The van der Waals surface area contributed by atoms with Gasteiger partial charge in [-0.3, -0.25) is 0 Å². The number of thioether (sulfide) groups is 1. The molecule has 1 unspecified atom stereocenters. The van der Waals surface area contributed by atoms with Crippen molar-refractivity contribution in [2.45, 2.75) is 17.9 Å². The molecule has 0 aromatic heterocycles. The summed E-state index contributed by atoms with van der Waals surface area (Å²) in [7, 11) is -2.28. The molecule has 1 aromatic rings. The lowest BCUT2D eigenvalue weighted by Gasteiger charge is -2.24. The normalized spacial score (nSPS) is 12.9. The number of aliphatic hydroxyl groups is 1. The van der Waals surface area contributed by atoms with E-state index in [2.05, 4.69) is 11.8 Å². The highest BCUT2D eigenvalue weighted by molar-refractivity contribution is 7.98. The van der Waals surface area contributed by atoms with E-state index < -0.39 is 22.4 Å². The summed E-state index contributed by atoms with van der Waals surface area (Å²) in [6, 6.07) is 3.15. The molecule has 7 heteroatoms. The number of nitrogens with zero attached hydrogens (tertiary/aromatic N) is 1. The van der Waals surface area contributed by atoms with Crippen molar-refractivity contribution in [1.29, 1.82) is 0 Å². The van der Waals surface area contributed by atoms with Crippen LogP contribution in [0.1, 0.15) is 12.5 Å². The standard InChI is InChI=1S/C14H18FNO3S2/c1-11(10-20-3)16(2)21(18,19)14-7-6-13(15)9-12(14)5-4-8-17/h6-7,9,11,17H,8,10H2,1-3H3. The second-order valence-corrected chi connectivity index (χ2v) is 7.30. The van der Waals surface area contributed by atoms with E-state index >= 15 is 0 Å². The molecule has 0 aliphatic rings. The summed E-state index contributed by atoms with van der Waals surface area (Å²) in [5, 5.41) is 8.73. The smallest absolute Gasteiger partial charge is 0.244 e. The first kappa shape index (κ1) is 18.0. The van der Waals surface area contributed by atoms with Crippen LogP contribution in [-0.2, 0) is 10.0 Å². The Labute approximate surface area is 129 Å². The molecule has 0 saturated carbocycles. The van der Waals surface area contributed by atoms with Gasteiger partial charge in [0.25, 0.3) is 0 Å². The maximum atomic E-state index is 13.3. The van der Waals surface area contributed by atoms with Gasteiger partial charge in [-0.05, 0) is 31.4 Å². The van der Waals surface area contributed by atoms with E-state index in [1.165, 1.54) is 17.4 Å². The molecule has 1 aromatic carbocycles. The predicted molar refractivity (Wildman–Crippen MR) is 83.2 cm³/mol. The first-order valence-corrected chi connectivity index (χ1v) is 9.04. The fourth-order valence-electron chi connectivity index (χ4n) is 1.70. The van der Waals surface area contributed by atoms with Gasteiger partial charge in [-0.1, -0.05) is 11.8 Å². The van der Waals surface area contributed by atoms with Gasteiger partial charge in [-0.2, -0.15) is 16.1 Å². The van der Waals surface area contributed by atoms with Crippen LogP contribution in [0, 0.1) is 17.7 Å². The maximum Gasteiger partial charge on any atom is 0.244 e. The average molecular weight is 331 g/mol. The summed E-state index contributed by atoms with van der Waals surface area (Å²) < 4.78 is 39.8. The highest BCUT2D eigenvalue weighted by Crippen LogP contribution is 2.22. The third-order valence-electron chi connectivity index (χ3n) is 2.93. The van der Waals surface area contributed by atoms with E-state index in [9.17, 15) is 12.8 Å². The van der Waals surface area contributed by atoms with Crippen molar-refractivity contribution in [2.24, 2.45) is 0 Å². The van der Waals surface area contributed by atoms with Gasteiger partial charge in [0.05, 0.1) is 4.90 Å². The maximum absolute atomic E-state index is 13.3. The highest BCUT2D eigenvalue weighted by Gasteiger charge is 2.27. The second-order valence-electron chi connectivity index (χ2n) is 4.43. The zero-order chi connectivity index (χ0) is 16.0. The fourth-order valence-corrected chi connectivity index (χ4v) is 3.98. The quantitative estimate of drug-likeness (QED) is 0.832. The molecule has 4 nitrogen and oxygen atoms in total. The lowest BCUT2D eigenvalue weighted by atomic mass is 10.2. The minimum Gasteiger partial charge on any atom is -0.384 e. The molecular weight excluding hydrogens is 313 g/mol. The SMILES string of the molecule is CSCC(C)N(C)S(=O)(=O)c1ccc(F)cc1C#CCO. The van der Waals surface area contributed by atoms with Crippen LogP contribution in [0.4, 0.5) is 4.39 Å². The van der Waals surface area contributed by atoms with E-state index in [1.54, 1.807) is 18.7 Å². The Hall–Kier alpha value is -1.07. The molecule has 0 heterocycles. The summed E-state index contributed by atoms with van der Waals surface area (Å²) in [6.07, 6.45) is 1.90. The average Bonchev–Trinajstić information content (AvgIpc) is 2.44. The number of rotatable bonds is 5. The first-order valence-electron chi connectivity index (χ1n) is 6.20. The third kappa shape index (κ3) is 4.45. The van der Waals surface area contributed by atoms with Crippen LogP contribution >= 0.6 is 11.8 Å². The molecule has 1 N–H and O–H groups in total. The Balaban J connectivity index is 3.31.